The van der Waals surface area contributed by atoms with Gasteiger partial charge in [-0.2, -0.15) is 0 Å². The van der Waals surface area contributed by atoms with Crippen molar-refractivity contribution < 1.29 is 17.9 Å². The van der Waals surface area contributed by atoms with Crippen LogP contribution in [0.3, 0.4) is 0 Å². The fourth-order valence-corrected chi connectivity index (χ4v) is 7.98. The lowest BCUT2D eigenvalue weighted by atomic mass is 9.68. The summed E-state index contributed by atoms with van der Waals surface area (Å²) in [4.78, 5) is 14.9. The fraction of sp³-hybridized carbons (Fsp3) is 0.536. The smallest absolute Gasteiger partial charge is 0.264 e. The van der Waals surface area contributed by atoms with Gasteiger partial charge in [-0.15, -0.1) is 0 Å². The lowest BCUT2D eigenvalue weighted by Gasteiger charge is -2.44. The Bertz CT molecular complexity index is 1300. The molecule has 36 heavy (non-hydrogen) atoms. The average molecular weight is 529 g/mol. The summed E-state index contributed by atoms with van der Waals surface area (Å²) in [5.41, 5.74) is 3.22. The molecule has 2 heterocycles. The van der Waals surface area contributed by atoms with Crippen LogP contribution in [0.15, 0.2) is 41.3 Å². The normalized spacial score (nSPS) is 29.5. The van der Waals surface area contributed by atoms with E-state index in [2.05, 4.69) is 21.8 Å². The van der Waals surface area contributed by atoms with Crippen molar-refractivity contribution in [2.75, 3.05) is 24.6 Å². The second-order valence-corrected chi connectivity index (χ2v) is 13.2. The number of nitrogens with zero attached hydrogens (tertiary/aromatic N) is 1. The van der Waals surface area contributed by atoms with E-state index in [4.69, 9.17) is 16.3 Å². The second kappa shape index (κ2) is 9.25. The lowest BCUT2D eigenvalue weighted by molar-refractivity contribution is -0.119. The SMILES string of the molecule is O=C1CCCCC2CCC2CN2CC3(CCCc4cc(Cl)ccc43)COc3ccc(cc32)S(=O)(=O)N1. The van der Waals surface area contributed by atoms with Crippen molar-refractivity contribution in [1.82, 2.24) is 4.72 Å². The molecule has 0 radical (unpaired) electrons. The maximum absolute atomic E-state index is 13.1. The molecule has 192 valence electrons. The summed E-state index contributed by atoms with van der Waals surface area (Å²) in [6, 6.07) is 11.2. The highest BCUT2D eigenvalue weighted by Crippen LogP contribution is 2.47. The largest absolute Gasteiger partial charge is 0.490 e. The minimum atomic E-state index is -3.95. The van der Waals surface area contributed by atoms with Gasteiger partial charge in [0.2, 0.25) is 5.91 Å². The van der Waals surface area contributed by atoms with Gasteiger partial charge in [-0.05, 0) is 91.8 Å². The highest BCUT2D eigenvalue weighted by atomic mass is 35.5. The maximum atomic E-state index is 13.1. The minimum Gasteiger partial charge on any atom is -0.490 e. The molecule has 2 aliphatic carbocycles. The molecule has 2 aromatic carbocycles. The number of hydrogen-bond donors (Lipinski definition) is 1. The summed E-state index contributed by atoms with van der Waals surface area (Å²) >= 11 is 6.35. The molecule has 6 nitrogen and oxygen atoms in total. The quantitative estimate of drug-likeness (QED) is 0.507. The van der Waals surface area contributed by atoms with Crippen LogP contribution in [-0.2, 0) is 26.7 Å². The maximum Gasteiger partial charge on any atom is 0.264 e. The molecule has 0 aromatic heterocycles. The number of carbonyl (C=O) groups is 1. The molecule has 2 aliphatic heterocycles. The zero-order chi connectivity index (χ0) is 24.9. The van der Waals surface area contributed by atoms with E-state index < -0.39 is 15.9 Å². The van der Waals surface area contributed by atoms with Crippen LogP contribution in [-0.4, -0.2) is 34.0 Å². The van der Waals surface area contributed by atoms with Gasteiger partial charge in [0.25, 0.3) is 10.0 Å². The Morgan fingerprint density at radius 3 is 2.69 bits per heavy atom. The van der Waals surface area contributed by atoms with Crippen molar-refractivity contribution in [1.29, 1.82) is 0 Å². The number of halogens is 1. The Morgan fingerprint density at radius 1 is 1.00 bits per heavy atom. The molecule has 1 amide bonds. The van der Waals surface area contributed by atoms with Crippen LogP contribution in [0, 0.1) is 11.8 Å². The van der Waals surface area contributed by atoms with Crippen LogP contribution in [0.2, 0.25) is 5.02 Å². The summed E-state index contributed by atoms with van der Waals surface area (Å²) in [6.45, 7) is 2.21. The van der Waals surface area contributed by atoms with Crippen LogP contribution in [0.4, 0.5) is 5.69 Å². The van der Waals surface area contributed by atoms with Crippen molar-refractivity contribution in [3.63, 3.8) is 0 Å². The number of anilines is 1. The van der Waals surface area contributed by atoms with Crippen molar-refractivity contribution in [3.8, 4) is 5.75 Å². The summed E-state index contributed by atoms with van der Waals surface area (Å²) in [7, 11) is -3.95. The van der Waals surface area contributed by atoms with Gasteiger partial charge >= 0.3 is 0 Å². The Labute approximate surface area is 218 Å². The first-order valence-electron chi connectivity index (χ1n) is 13.2. The monoisotopic (exact) mass is 528 g/mol. The second-order valence-electron chi connectivity index (χ2n) is 11.1. The molecule has 1 N–H and O–H groups in total. The molecular formula is C28H33ClN2O4S. The number of aryl methyl sites for hydroxylation is 1. The molecular weight excluding hydrogens is 496 g/mol. The number of nitrogens with one attached hydrogen (secondary N) is 1. The highest BCUT2D eigenvalue weighted by molar-refractivity contribution is 7.90. The molecule has 2 aromatic rings. The number of hydrogen-bond acceptors (Lipinski definition) is 5. The molecule has 6 rings (SSSR count). The number of amides is 1. The standard InChI is InChI=1S/C28H33ClN2O4S/c29-22-9-11-24-20(14-22)5-3-13-28(24)17-31-16-21-8-7-19(21)4-1-2-6-27(32)30-36(33,34)23-10-12-26(35-18-28)25(31)15-23/h9-12,14-15,19,21H,1-8,13,16-18H2,(H,30,32). The van der Waals surface area contributed by atoms with Gasteiger partial charge < -0.3 is 9.64 Å². The highest BCUT2D eigenvalue weighted by Gasteiger charge is 2.43. The number of benzene rings is 2. The molecule has 1 saturated carbocycles. The summed E-state index contributed by atoms with van der Waals surface area (Å²) in [6.07, 6.45) is 8.51. The van der Waals surface area contributed by atoms with Crippen LogP contribution < -0.4 is 14.4 Å². The number of rotatable bonds is 0. The van der Waals surface area contributed by atoms with Crippen LogP contribution in [0.25, 0.3) is 0 Å². The van der Waals surface area contributed by atoms with Crippen molar-refractivity contribution >= 4 is 33.2 Å². The van der Waals surface area contributed by atoms with E-state index in [1.54, 1.807) is 18.2 Å². The molecule has 0 saturated heterocycles. The van der Waals surface area contributed by atoms with Crippen LogP contribution >= 0.6 is 11.6 Å². The zero-order valence-electron chi connectivity index (χ0n) is 20.5. The molecule has 3 unspecified atom stereocenters. The summed E-state index contributed by atoms with van der Waals surface area (Å²) in [5.74, 6) is 1.50. The first-order valence-corrected chi connectivity index (χ1v) is 15.1. The van der Waals surface area contributed by atoms with E-state index >= 15 is 0 Å². The molecule has 1 fully saturated rings. The first kappa shape index (κ1) is 24.1. The molecule has 4 aliphatic rings. The van der Waals surface area contributed by atoms with Crippen molar-refractivity contribution in [2.24, 2.45) is 11.8 Å². The van der Waals surface area contributed by atoms with Gasteiger partial charge in [0, 0.05) is 29.9 Å². The van der Waals surface area contributed by atoms with E-state index in [0.29, 0.717) is 24.2 Å². The van der Waals surface area contributed by atoms with Gasteiger partial charge in [-0.3, -0.25) is 4.79 Å². The van der Waals surface area contributed by atoms with Crippen molar-refractivity contribution in [2.45, 2.75) is 68.1 Å². The Hall–Kier alpha value is -2.25. The van der Waals surface area contributed by atoms with Gasteiger partial charge in [0.05, 0.1) is 17.2 Å². The third-order valence-corrected chi connectivity index (χ3v) is 10.4. The zero-order valence-corrected chi connectivity index (χ0v) is 22.0. The minimum absolute atomic E-state index is 0.109. The molecule has 8 heteroatoms. The Morgan fingerprint density at radius 2 is 1.86 bits per heavy atom. The fourth-order valence-electron chi connectivity index (χ4n) is 6.75. The van der Waals surface area contributed by atoms with E-state index in [0.717, 1.165) is 62.3 Å². The van der Waals surface area contributed by atoms with E-state index in [1.165, 1.54) is 24.0 Å². The Balaban J connectivity index is 1.44. The number of carbonyl (C=O) groups excluding carboxylic acids is 1. The predicted octanol–water partition coefficient (Wildman–Crippen LogP) is 5.22. The average Bonchev–Trinajstić information content (AvgIpc) is 2.98. The number of sulfonamides is 1. The van der Waals surface area contributed by atoms with Gasteiger partial charge in [-0.1, -0.05) is 30.5 Å². The van der Waals surface area contributed by atoms with E-state index in [-0.39, 0.29) is 16.7 Å². The van der Waals surface area contributed by atoms with Crippen LogP contribution in [0.5, 0.6) is 5.75 Å². The van der Waals surface area contributed by atoms with Crippen LogP contribution in [0.1, 0.15) is 62.5 Å². The van der Waals surface area contributed by atoms with Gasteiger partial charge in [-0.25, -0.2) is 13.1 Å². The first-order chi connectivity index (χ1) is 17.3. The molecule has 2 bridgehead atoms. The molecule has 3 atom stereocenters. The topological polar surface area (TPSA) is 75.7 Å². The third-order valence-electron chi connectivity index (χ3n) is 8.83. The van der Waals surface area contributed by atoms with E-state index in [9.17, 15) is 13.2 Å². The Kier molecular flexibility index (Phi) is 6.19. The predicted molar refractivity (Wildman–Crippen MR) is 140 cm³/mol. The number of ether oxygens (including phenoxy) is 1. The van der Waals surface area contributed by atoms with Gasteiger partial charge in [0.15, 0.2) is 0 Å². The van der Waals surface area contributed by atoms with Gasteiger partial charge in [0.1, 0.15) is 5.75 Å². The molecule has 1 spiro atoms. The summed E-state index contributed by atoms with van der Waals surface area (Å²) < 4.78 is 34.9. The van der Waals surface area contributed by atoms with E-state index in [1.807, 2.05) is 6.07 Å². The third kappa shape index (κ3) is 4.38. The summed E-state index contributed by atoms with van der Waals surface area (Å²) in [5, 5.41) is 0.760. The number of fused-ring (bicyclic) bond motifs is 4. The lowest BCUT2D eigenvalue weighted by Crippen LogP contribution is -2.48. The van der Waals surface area contributed by atoms with Crippen molar-refractivity contribution in [3.05, 3.63) is 52.5 Å².